The maximum absolute atomic E-state index is 12.2. The molecule has 22 heavy (non-hydrogen) atoms. The summed E-state index contributed by atoms with van der Waals surface area (Å²) in [5.41, 5.74) is 1.85. The van der Waals surface area contributed by atoms with Crippen molar-refractivity contribution in [2.24, 2.45) is 0 Å². The van der Waals surface area contributed by atoms with Crippen LogP contribution in [0.2, 0.25) is 5.02 Å². The molecule has 1 aliphatic rings. The van der Waals surface area contributed by atoms with Crippen LogP contribution < -0.4 is 5.32 Å². The average Bonchev–Trinajstić information content (AvgIpc) is 2.97. The number of thiophene rings is 1. The molecule has 0 radical (unpaired) electrons. The van der Waals surface area contributed by atoms with E-state index in [0.717, 1.165) is 13.0 Å². The van der Waals surface area contributed by atoms with Crippen LogP contribution in [0.5, 0.6) is 0 Å². The van der Waals surface area contributed by atoms with Gasteiger partial charge >= 0.3 is 0 Å². The fourth-order valence-electron chi connectivity index (χ4n) is 2.63. The predicted molar refractivity (Wildman–Crippen MR) is 94.7 cm³/mol. The highest BCUT2D eigenvalue weighted by Gasteiger charge is 2.27. The van der Waals surface area contributed by atoms with E-state index in [1.54, 1.807) is 35.6 Å². The Morgan fingerprint density at radius 1 is 1.36 bits per heavy atom. The number of halogens is 1. The van der Waals surface area contributed by atoms with Crippen LogP contribution in [0.15, 0.2) is 35.7 Å². The molecule has 3 rings (SSSR count). The van der Waals surface area contributed by atoms with E-state index in [4.69, 9.17) is 23.8 Å². The molecule has 3 nitrogen and oxygen atoms in total. The lowest BCUT2D eigenvalue weighted by molar-refractivity contribution is 0.0971. The van der Waals surface area contributed by atoms with E-state index in [2.05, 4.69) is 28.6 Å². The lowest BCUT2D eigenvalue weighted by Crippen LogP contribution is -2.46. The fraction of sp³-hybridized carbons (Fsp3) is 0.250. The maximum Gasteiger partial charge on any atom is 0.257 e. The Balaban J connectivity index is 1.70. The molecule has 0 saturated heterocycles. The lowest BCUT2D eigenvalue weighted by atomic mass is 10.0. The highest BCUT2D eigenvalue weighted by molar-refractivity contribution is 7.80. The highest BCUT2D eigenvalue weighted by Crippen LogP contribution is 2.32. The number of thiocarbonyl (C=S) groups is 1. The summed E-state index contributed by atoms with van der Waals surface area (Å²) in [6.07, 6.45) is 0.967. The van der Waals surface area contributed by atoms with Crippen LogP contribution in [-0.2, 0) is 6.42 Å². The van der Waals surface area contributed by atoms with Crippen molar-refractivity contribution in [3.8, 4) is 0 Å². The van der Waals surface area contributed by atoms with Crippen molar-refractivity contribution in [2.45, 2.75) is 19.4 Å². The van der Waals surface area contributed by atoms with Crippen molar-refractivity contribution in [1.29, 1.82) is 0 Å². The van der Waals surface area contributed by atoms with Crippen LogP contribution in [0.1, 0.15) is 33.8 Å². The first-order valence-electron chi connectivity index (χ1n) is 7.00. The smallest absolute Gasteiger partial charge is 0.257 e. The van der Waals surface area contributed by atoms with E-state index in [1.165, 1.54) is 10.4 Å². The first-order chi connectivity index (χ1) is 10.6. The zero-order valence-corrected chi connectivity index (χ0v) is 14.4. The molecule has 0 bridgehead atoms. The minimum absolute atomic E-state index is 0.188. The van der Waals surface area contributed by atoms with Crippen LogP contribution in [0, 0.1) is 0 Å². The summed E-state index contributed by atoms with van der Waals surface area (Å²) < 4.78 is 0. The van der Waals surface area contributed by atoms with Crippen LogP contribution in [-0.4, -0.2) is 22.5 Å². The Hall–Kier alpha value is -1.43. The van der Waals surface area contributed by atoms with Gasteiger partial charge in [-0.15, -0.1) is 11.3 Å². The first-order valence-corrected chi connectivity index (χ1v) is 8.66. The number of carbonyl (C=O) groups is 1. The number of rotatable bonds is 1. The predicted octanol–water partition coefficient (Wildman–Crippen LogP) is 4.04. The second kappa shape index (κ2) is 6.36. The van der Waals surface area contributed by atoms with E-state index in [1.807, 2.05) is 0 Å². The van der Waals surface area contributed by atoms with E-state index >= 15 is 0 Å². The molecule has 1 aromatic carbocycles. The summed E-state index contributed by atoms with van der Waals surface area (Å²) in [5, 5.41) is 6.01. The van der Waals surface area contributed by atoms with Crippen LogP contribution in [0.4, 0.5) is 0 Å². The van der Waals surface area contributed by atoms with E-state index in [-0.39, 0.29) is 11.9 Å². The SMILES string of the molecule is CC1c2ccsc2CCN1C(=S)NC(=O)c1ccc(Cl)cc1. The molecule has 0 spiro atoms. The molecule has 0 aliphatic carbocycles. The van der Waals surface area contributed by atoms with Crippen molar-refractivity contribution >= 4 is 46.2 Å². The standard InChI is InChI=1S/C16H15ClN2OS2/c1-10-13-7-9-22-14(13)6-8-19(10)16(21)18-15(20)11-2-4-12(17)5-3-11/h2-5,7,9-10H,6,8H2,1H3,(H,18,20,21). The Morgan fingerprint density at radius 2 is 2.09 bits per heavy atom. The Bertz CT molecular complexity index is 711. The quantitative estimate of drug-likeness (QED) is 0.788. The summed E-state index contributed by atoms with van der Waals surface area (Å²) in [7, 11) is 0. The monoisotopic (exact) mass is 350 g/mol. The van der Waals surface area contributed by atoms with Gasteiger partial charge < -0.3 is 4.90 Å². The molecular weight excluding hydrogens is 336 g/mol. The molecule has 1 aromatic heterocycles. The molecule has 1 atom stereocenters. The summed E-state index contributed by atoms with van der Waals surface area (Å²) in [6, 6.07) is 9.10. The third-order valence-electron chi connectivity index (χ3n) is 3.86. The molecule has 2 aromatic rings. The molecule has 0 fully saturated rings. The van der Waals surface area contributed by atoms with Gasteiger partial charge in [0.1, 0.15) is 0 Å². The van der Waals surface area contributed by atoms with Crippen molar-refractivity contribution in [3.63, 3.8) is 0 Å². The van der Waals surface area contributed by atoms with Gasteiger partial charge in [-0.25, -0.2) is 0 Å². The second-order valence-corrected chi connectivity index (χ2v) is 7.01. The Kier molecular flexibility index (Phi) is 4.47. The van der Waals surface area contributed by atoms with Crippen molar-refractivity contribution in [2.75, 3.05) is 6.54 Å². The summed E-state index contributed by atoms with van der Waals surface area (Å²) in [4.78, 5) is 15.7. The summed E-state index contributed by atoms with van der Waals surface area (Å²) in [5.74, 6) is -0.204. The molecule has 0 saturated carbocycles. The molecule has 2 heterocycles. The van der Waals surface area contributed by atoms with Gasteiger partial charge in [0.15, 0.2) is 5.11 Å². The van der Waals surface area contributed by atoms with Gasteiger partial charge in [0.2, 0.25) is 0 Å². The Labute approximate surface area is 143 Å². The third-order valence-corrected chi connectivity index (χ3v) is 5.45. The number of amides is 1. The number of benzene rings is 1. The molecular formula is C16H15ClN2OS2. The highest BCUT2D eigenvalue weighted by atomic mass is 35.5. The van der Waals surface area contributed by atoms with Gasteiger partial charge in [-0.3, -0.25) is 10.1 Å². The van der Waals surface area contributed by atoms with Crippen molar-refractivity contribution < 1.29 is 4.79 Å². The minimum Gasteiger partial charge on any atom is -0.342 e. The lowest BCUT2D eigenvalue weighted by Gasteiger charge is -2.35. The molecule has 1 aliphatic heterocycles. The molecule has 6 heteroatoms. The largest absolute Gasteiger partial charge is 0.342 e. The topological polar surface area (TPSA) is 32.3 Å². The number of fused-ring (bicyclic) bond motifs is 1. The number of hydrogen-bond acceptors (Lipinski definition) is 3. The number of carbonyl (C=O) groups excluding carboxylic acids is 1. The van der Waals surface area contributed by atoms with Gasteiger partial charge in [0, 0.05) is 22.0 Å². The van der Waals surface area contributed by atoms with Crippen molar-refractivity contribution in [1.82, 2.24) is 10.2 Å². The fourth-order valence-corrected chi connectivity index (χ4v) is 4.06. The summed E-state index contributed by atoms with van der Waals surface area (Å²) in [6.45, 7) is 2.94. The van der Waals surface area contributed by atoms with Gasteiger partial charge in [-0.05, 0) is 66.8 Å². The summed E-state index contributed by atoms with van der Waals surface area (Å²) >= 11 is 13.0. The first kappa shape index (κ1) is 15.5. The van der Waals surface area contributed by atoms with E-state index < -0.39 is 0 Å². The average molecular weight is 351 g/mol. The number of nitrogens with zero attached hydrogens (tertiary/aromatic N) is 1. The minimum atomic E-state index is -0.204. The molecule has 114 valence electrons. The number of nitrogens with one attached hydrogen (secondary N) is 1. The molecule has 1 N–H and O–H groups in total. The molecule has 1 amide bonds. The van der Waals surface area contributed by atoms with Crippen LogP contribution >= 0.6 is 35.2 Å². The zero-order valence-electron chi connectivity index (χ0n) is 12.0. The normalized spacial score (nSPS) is 17.0. The number of hydrogen-bond donors (Lipinski definition) is 1. The van der Waals surface area contributed by atoms with Gasteiger partial charge in [0.25, 0.3) is 5.91 Å². The van der Waals surface area contributed by atoms with Gasteiger partial charge in [0.05, 0.1) is 6.04 Å². The van der Waals surface area contributed by atoms with Gasteiger partial charge in [-0.1, -0.05) is 11.6 Å². The Morgan fingerprint density at radius 3 is 2.82 bits per heavy atom. The third kappa shape index (κ3) is 3.02. The second-order valence-electron chi connectivity index (χ2n) is 5.18. The van der Waals surface area contributed by atoms with Crippen LogP contribution in [0.25, 0.3) is 0 Å². The zero-order chi connectivity index (χ0) is 15.7. The van der Waals surface area contributed by atoms with E-state index in [0.29, 0.717) is 15.7 Å². The van der Waals surface area contributed by atoms with Crippen molar-refractivity contribution in [3.05, 3.63) is 56.7 Å². The van der Waals surface area contributed by atoms with Gasteiger partial charge in [-0.2, -0.15) is 0 Å². The van der Waals surface area contributed by atoms with E-state index in [9.17, 15) is 4.79 Å². The molecule has 1 unspecified atom stereocenters. The van der Waals surface area contributed by atoms with Crippen LogP contribution in [0.3, 0.4) is 0 Å². The maximum atomic E-state index is 12.2.